The fourth-order valence-electron chi connectivity index (χ4n) is 3.44. The molecule has 1 unspecified atom stereocenters. The third-order valence-corrected chi connectivity index (χ3v) is 5.05. The van der Waals surface area contributed by atoms with Crippen molar-refractivity contribution in [1.29, 1.82) is 0 Å². The zero-order valence-electron chi connectivity index (χ0n) is 12.2. The van der Waals surface area contributed by atoms with Gasteiger partial charge in [-0.05, 0) is 32.8 Å². The normalized spacial score (nSPS) is 24.9. The lowest BCUT2D eigenvalue weighted by molar-refractivity contribution is -0.139. The lowest BCUT2D eigenvalue weighted by Gasteiger charge is -2.41. The molecular weight excluding hydrogens is 254 g/mol. The molecule has 1 aromatic heterocycles. The third-order valence-electron chi connectivity index (χ3n) is 5.05. The van der Waals surface area contributed by atoms with E-state index in [1.807, 2.05) is 18.7 Å². The average molecular weight is 277 g/mol. The summed E-state index contributed by atoms with van der Waals surface area (Å²) in [5.74, 6) is 0.499. The molecule has 1 saturated heterocycles. The van der Waals surface area contributed by atoms with Crippen molar-refractivity contribution in [1.82, 2.24) is 14.7 Å². The van der Waals surface area contributed by atoms with E-state index in [9.17, 15) is 4.79 Å². The molecule has 4 N–H and O–H groups in total. The predicted octanol–water partition coefficient (Wildman–Crippen LogP) is 0.540. The highest BCUT2D eigenvalue weighted by Gasteiger charge is 2.51. The number of aromatic nitrogens is 2. The molecule has 0 radical (unpaired) electrons. The zero-order valence-corrected chi connectivity index (χ0v) is 12.2. The summed E-state index contributed by atoms with van der Waals surface area (Å²) in [6.45, 7) is 5.18. The lowest BCUT2D eigenvalue weighted by Crippen LogP contribution is -2.47. The molecule has 3 rings (SSSR count). The summed E-state index contributed by atoms with van der Waals surface area (Å²) in [7, 11) is 0. The molecule has 6 heteroatoms. The van der Waals surface area contributed by atoms with Crippen molar-refractivity contribution in [3.63, 3.8) is 0 Å². The summed E-state index contributed by atoms with van der Waals surface area (Å²) >= 11 is 0. The first kappa shape index (κ1) is 13.4. The Bertz CT molecular complexity index is 531. The average Bonchev–Trinajstić information content (AvgIpc) is 2.91. The van der Waals surface area contributed by atoms with Gasteiger partial charge in [0.2, 0.25) is 5.91 Å². The Hall–Kier alpha value is -1.56. The van der Waals surface area contributed by atoms with Gasteiger partial charge >= 0.3 is 0 Å². The van der Waals surface area contributed by atoms with Gasteiger partial charge in [0.1, 0.15) is 11.4 Å². The Morgan fingerprint density at radius 3 is 2.65 bits per heavy atom. The number of anilines is 1. The van der Waals surface area contributed by atoms with E-state index in [1.54, 1.807) is 16.9 Å². The topological polar surface area (TPSA) is 90.2 Å². The van der Waals surface area contributed by atoms with E-state index in [2.05, 4.69) is 5.10 Å². The largest absolute Gasteiger partial charge is 0.382 e. The molecule has 1 atom stereocenters. The van der Waals surface area contributed by atoms with Crippen LogP contribution in [-0.2, 0) is 10.3 Å². The highest BCUT2D eigenvalue weighted by Crippen LogP contribution is 2.47. The van der Waals surface area contributed by atoms with Gasteiger partial charge in [0.25, 0.3) is 0 Å². The van der Waals surface area contributed by atoms with E-state index >= 15 is 0 Å². The molecule has 110 valence electrons. The van der Waals surface area contributed by atoms with E-state index in [0.717, 1.165) is 19.4 Å². The number of carbonyl (C=O) groups excluding carboxylic acids is 1. The molecule has 1 saturated carbocycles. The first-order valence-electron chi connectivity index (χ1n) is 7.22. The maximum atomic E-state index is 12.8. The Balaban J connectivity index is 1.79. The summed E-state index contributed by atoms with van der Waals surface area (Å²) in [5, 5.41) is 4.18. The number of likely N-dealkylation sites (tertiary alicyclic amines) is 1. The Labute approximate surface area is 119 Å². The van der Waals surface area contributed by atoms with Crippen molar-refractivity contribution >= 4 is 11.7 Å². The van der Waals surface area contributed by atoms with E-state index < -0.39 is 5.54 Å². The van der Waals surface area contributed by atoms with Crippen LogP contribution in [0.1, 0.15) is 33.1 Å². The van der Waals surface area contributed by atoms with E-state index in [0.29, 0.717) is 12.4 Å². The standard InChI is InChI=1S/C14H23N5O/c1-13(2,19-7-4-11(16)17-19)12(20)18-8-10(15)14(9-18)5-3-6-14/h4,7,10H,3,5-6,8-9,15H2,1-2H3,(H2,16,17). The minimum atomic E-state index is -0.730. The number of amides is 1. The summed E-state index contributed by atoms with van der Waals surface area (Å²) in [6.07, 6.45) is 5.28. The zero-order chi connectivity index (χ0) is 14.5. The first-order chi connectivity index (χ1) is 9.35. The van der Waals surface area contributed by atoms with Crippen LogP contribution >= 0.6 is 0 Å². The van der Waals surface area contributed by atoms with E-state index in [4.69, 9.17) is 11.5 Å². The number of nitrogen functional groups attached to an aromatic ring is 1. The third kappa shape index (κ3) is 1.82. The number of nitrogens with two attached hydrogens (primary N) is 2. The van der Waals surface area contributed by atoms with Gasteiger partial charge in [0, 0.05) is 30.7 Å². The van der Waals surface area contributed by atoms with Crippen molar-refractivity contribution in [2.45, 2.75) is 44.7 Å². The van der Waals surface area contributed by atoms with Gasteiger partial charge in [0.15, 0.2) is 0 Å². The van der Waals surface area contributed by atoms with Crippen LogP contribution < -0.4 is 11.5 Å². The van der Waals surface area contributed by atoms with Gasteiger partial charge in [-0.3, -0.25) is 9.48 Å². The number of hydrogen-bond donors (Lipinski definition) is 2. The second kappa shape index (κ2) is 4.22. The van der Waals surface area contributed by atoms with Gasteiger partial charge in [-0.15, -0.1) is 0 Å². The molecule has 1 aliphatic carbocycles. The Morgan fingerprint density at radius 1 is 1.50 bits per heavy atom. The molecule has 20 heavy (non-hydrogen) atoms. The van der Waals surface area contributed by atoms with E-state index in [-0.39, 0.29) is 17.4 Å². The smallest absolute Gasteiger partial charge is 0.250 e. The monoisotopic (exact) mass is 277 g/mol. The van der Waals surface area contributed by atoms with Crippen LogP contribution in [0.5, 0.6) is 0 Å². The SMILES string of the molecule is CC(C)(C(=O)N1CC(N)C2(CCC2)C1)n1ccc(N)n1. The van der Waals surface area contributed by atoms with Gasteiger partial charge in [-0.25, -0.2) is 0 Å². The van der Waals surface area contributed by atoms with Gasteiger partial charge in [-0.1, -0.05) is 6.42 Å². The fourth-order valence-corrected chi connectivity index (χ4v) is 3.44. The fraction of sp³-hybridized carbons (Fsp3) is 0.714. The second-order valence-electron chi connectivity index (χ2n) is 6.75. The lowest BCUT2D eigenvalue weighted by atomic mass is 9.66. The first-order valence-corrected chi connectivity index (χ1v) is 7.22. The maximum Gasteiger partial charge on any atom is 0.250 e. The van der Waals surface area contributed by atoms with Crippen molar-refractivity contribution in [2.24, 2.45) is 11.1 Å². The van der Waals surface area contributed by atoms with Gasteiger partial charge in [0.05, 0.1) is 0 Å². The summed E-state index contributed by atoms with van der Waals surface area (Å²) in [4.78, 5) is 14.7. The number of nitrogens with zero attached hydrogens (tertiary/aromatic N) is 3. The maximum absolute atomic E-state index is 12.8. The van der Waals surface area contributed by atoms with Crippen molar-refractivity contribution in [3.05, 3.63) is 12.3 Å². The Morgan fingerprint density at radius 2 is 2.20 bits per heavy atom. The molecule has 2 aliphatic rings. The summed E-state index contributed by atoms with van der Waals surface area (Å²) in [5.41, 5.74) is 11.3. The molecule has 1 aromatic rings. The molecule has 1 spiro atoms. The molecule has 1 amide bonds. The van der Waals surface area contributed by atoms with Gasteiger partial charge < -0.3 is 16.4 Å². The quantitative estimate of drug-likeness (QED) is 0.825. The highest BCUT2D eigenvalue weighted by atomic mass is 16.2. The summed E-state index contributed by atoms with van der Waals surface area (Å²) < 4.78 is 1.64. The number of rotatable bonds is 2. The minimum Gasteiger partial charge on any atom is -0.382 e. The van der Waals surface area contributed by atoms with Crippen LogP contribution in [0.2, 0.25) is 0 Å². The molecular formula is C14H23N5O. The van der Waals surface area contributed by atoms with Crippen LogP contribution in [0.25, 0.3) is 0 Å². The number of carbonyl (C=O) groups is 1. The van der Waals surface area contributed by atoms with Crippen LogP contribution in [-0.4, -0.2) is 39.7 Å². The van der Waals surface area contributed by atoms with Crippen molar-refractivity contribution in [3.8, 4) is 0 Å². The molecule has 2 heterocycles. The Kier molecular flexibility index (Phi) is 2.83. The minimum absolute atomic E-state index is 0.0693. The van der Waals surface area contributed by atoms with Crippen LogP contribution in [0.4, 0.5) is 5.82 Å². The summed E-state index contributed by atoms with van der Waals surface area (Å²) in [6, 6.07) is 1.82. The molecule has 2 fully saturated rings. The van der Waals surface area contributed by atoms with Crippen molar-refractivity contribution < 1.29 is 4.79 Å². The number of hydrogen-bond acceptors (Lipinski definition) is 4. The van der Waals surface area contributed by atoms with Crippen molar-refractivity contribution in [2.75, 3.05) is 18.8 Å². The molecule has 6 nitrogen and oxygen atoms in total. The van der Waals surface area contributed by atoms with E-state index in [1.165, 1.54) is 6.42 Å². The predicted molar refractivity (Wildman–Crippen MR) is 76.8 cm³/mol. The van der Waals surface area contributed by atoms with Crippen LogP contribution in [0.3, 0.4) is 0 Å². The second-order valence-corrected chi connectivity index (χ2v) is 6.75. The highest BCUT2D eigenvalue weighted by molar-refractivity contribution is 5.84. The molecule has 0 aromatic carbocycles. The van der Waals surface area contributed by atoms with Crippen LogP contribution in [0, 0.1) is 5.41 Å². The molecule has 1 aliphatic heterocycles. The van der Waals surface area contributed by atoms with Crippen LogP contribution in [0.15, 0.2) is 12.3 Å². The molecule has 0 bridgehead atoms. The van der Waals surface area contributed by atoms with Gasteiger partial charge in [-0.2, -0.15) is 5.10 Å².